The lowest BCUT2D eigenvalue weighted by Crippen LogP contribution is -1.95. The predicted molar refractivity (Wildman–Crippen MR) is 88.7 cm³/mol. The van der Waals surface area contributed by atoms with Gasteiger partial charge in [0.1, 0.15) is 0 Å². The van der Waals surface area contributed by atoms with E-state index in [1.165, 1.54) is 11.1 Å². The molecular weight excluding hydrogens is 443 g/mol. The monoisotopic (exact) mass is 450 g/mol. The molecule has 18 heavy (non-hydrogen) atoms. The Kier molecular flexibility index (Phi) is 5.31. The minimum atomic E-state index is 0.252. The highest BCUT2D eigenvalue weighted by molar-refractivity contribution is 9.10. The van der Waals surface area contributed by atoms with Crippen LogP contribution in [0.2, 0.25) is 5.02 Å². The maximum Gasteiger partial charge on any atom is 0.0436 e. The van der Waals surface area contributed by atoms with Crippen molar-refractivity contribution < 1.29 is 0 Å². The van der Waals surface area contributed by atoms with Crippen molar-refractivity contribution in [2.75, 3.05) is 0 Å². The molecular formula is C14H10Br3Cl. The summed E-state index contributed by atoms with van der Waals surface area (Å²) in [5.74, 6) is 0. The normalized spacial score (nSPS) is 12.4. The van der Waals surface area contributed by atoms with E-state index in [0.717, 1.165) is 20.4 Å². The molecule has 1 atom stereocenters. The highest BCUT2D eigenvalue weighted by Gasteiger charge is 2.10. The highest BCUT2D eigenvalue weighted by Crippen LogP contribution is 2.31. The maximum atomic E-state index is 6.06. The lowest BCUT2D eigenvalue weighted by molar-refractivity contribution is 0.947. The minimum absolute atomic E-state index is 0.252. The first-order valence-corrected chi connectivity index (χ1v) is 8.27. The van der Waals surface area contributed by atoms with Gasteiger partial charge < -0.3 is 0 Å². The number of rotatable bonds is 3. The van der Waals surface area contributed by atoms with E-state index in [-0.39, 0.29) is 4.83 Å². The molecule has 0 heterocycles. The number of benzene rings is 2. The number of alkyl halides is 1. The Hall–Kier alpha value is 0.170. The van der Waals surface area contributed by atoms with E-state index in [1.54, 1.807) is 0 Å². The van der Waals surface area contributed by atoms with E-state index < -0.39 is 0 Å². The lowest BCUT2D eigenvalue weighted by atomic mass is 10.0. The van der Waals surface area contributed by atoms with Crippen LogP contribution in [-0.4, -0.2) is 0 Å². The van der Waals surface area contributed by atoms with Crippen LogP contribution in [0.1, 0.15) is 16.0 Å². The van der Waals surface area contributed by atoms with Gasteiger partial charge >= 0.3 is 0 Å². The van der Waals surface area contributed by atoms with Gasteiger partial charge in [0.15, 0.2) is 0 Å². The molecule has 0 N–H and O–H groups in total. The summed E-state index contributed by atoms with van der Waals surface area (Å²) in [6, 6.07) is 14.3. The van der Waals surface area contributed by atoms with E-state index in [2.05, 4.69) is 66.0 Å². The third-order valence-electron chi connectivity index (χ3n) is 2.55. The van der Waals surface area contributed by atoms with E-state index in [4.69, 9.17) is 11.6 Å². The van der Waals surface area contributed by atoms with Crippen LogP contribution < -0.4 is 0 Å². The first-order valence-electron chi connectivity index (χ1n) is 5.39. The van der Waals surface area contributed by atoms with Crippen LogP contribution in [0.4, 0.5) is 0 Å². The van der Waals surface area contributed by atoms with E-state index >= 15 is 0 Å². The summed E-state index contributed by atoms with van der Waals surface area (Å²) in [5.41, 5.74) is 2.46. The largest absolute Gasteiger partial charge is 0.0843 e. The summed E-state index contributed by atoms with van der Waals surface area (Å²) in [6.45, 7) is 0. The molecule has 0 fully saturated rings. The zero-order chi connectivity index (χ0) is 13.1. The number of halogens is 4. The van der Waals surface area contributed by atoms with Crippen LogP contribution in [0, 0.1) is 0 Å². The molecule has 0 saturated carbocycles. The molecule has 2 aromatic carbocycles. The van der Waals surface area contributed by atoms with Crippen molar-refractivity contribution in [3.05, 3.63) is 67.6 Å². The van der Waals surface area contributed by atoms with E-state index in [1.807, 2.05) is 24.3 Å². The van der Waals surface area contributed by atoms with Gasteiger partial charge in [-0.15, -0.1) is 0 Å². The molecule has 0 saturated heterocycles. The minimum Gasteiger partial charge on any atom is -0.0843 e. The fraction of sp³-hybridized carbons (Fsp3) is 0.143. The average Bonchev–Trinajstić information content (AvgIpc) is 2.27. The Morgan fingerprint density at radius 3 is 2.44 bits per heavy atom. The second-order valence-electron chi connectivity index (χ2n) is 4.00. The Labute approximate surface area is 137 Å². The second-order valence-corrected chi connectivity index (χ2v) is 7.38. The molecule has 0 spiro atoms. The maximum absolute atomic E-state index is 6.06. The van der Waals surface area contributed by atoms with E-state index in [0.29, 0.717) is 0 Å². The summed E-state index contributed by atoms with van der Waals surface area (Å²) in [4.78, 5) is 0.252. The van der Waals surface area contributed by atoms with Crippen molar-refractivity contribution in [1.82, 2.24) is 0 Å². The predicted octanol–water partition coefficient (Wildman–Crippen LogP) is 6.54. The second kappa shape index (κ2) is 6.56. The van der Waals surface area contributed by atoms with Gasteiger partial charge in [-0.05, 0) is 47.9 Å². The summed E-state index contributed by atoms with van der Waals surface area (Å²) >= 11 is 16.7. The van der Waals surface area contributed by atoms with Crippen LogP contribution in [0.3, 0.4) is 0 Å². The molecule has 2 rings (SSSR count). The van der Waals surface area contributed by atoms with Gasteiger partial charge in [-0.25, -0.2) is 0 Å². The average molecular weight is 453 g/mol. The topological polar surface area (TPSA) is 0 Å². The molecule has 0 aliphatic rings. The summed E-state index contributed by atoms with van der Waals surface area (Å²) < 4.78 is 2.11. The molecule has 4 heteroatoms. The lowest BCUT2D eigenvalue weighted by Gasteiger charge is -2.11. The van der Waals surface area contributed by atoms with Crippen LogP contribution in [0.5, 0.6) is 0 Å². The van der Waals surface area contributed by atoms with Crippen molar-refractivity contribution >= 4 is 59.4 Å². The Balaban J connectivity index is 2.19. The zero-order valence-corrected chi connectivity index (χ0v) is 14.9. The van der Waals surface area contributed by atoms with Gasteiger partial charge in [-0.1, -0.05) is 71.5 Å². The Morgan fingerprint density at radius 2 is 1.78 bits per heavy atom. The number of hydrogen-bond donors (Lipinski definition) is 0. The molecule has 0 nitrogen and oxygen atoms in total. The van der Waals surface area contributed by atoms with Gasteiger partial charge in [0, 0.05) is 18.8 Å². The van der Waals surface area contributed by atoms with Crippen LogP contribution >= 0.6 is 59.4 Å². The van der Waals surface area contributed by atoms with Crippen molar-refractivity contribution in [2.24, 2.45) is 0 Å². The molecule has 94 valence electrons. The van der Waals surface area contributed by atoms with Gasteiger partial charge in [0.25, 0.3) is 0 Å². The van der Waals surface area contributed by atoms with Gasteiger partial charge in [-0.3, -0.25) is 0 Å². The third kappa shape index (κ3) is 4.09. The van der Waals surface area contributed by atoms with Crippen LogP contribution in [0.25, 0.3) is 0 Å². The smallest absolute Gasteiger partial charge is 0.0436 e. The molecule has 0 aliphatic heterocycles. The van der Waals surface area contributed by atoms with Crippen molar-refractivity contribution in [3.63, 3.8) is 0 Å². The summed E-state index contributed by atoms with van der Waals surface area (Å²) in [7, 11) is 0. The fourth-order valence-electron chi connectivity index (χ4n) is 1.74. The molecule has 0 aliphatic carbocycles. The highest BCUT2D eigenvalue weighted by atomic mass is 79.9. The fourth-order valence-corrected chi connectivity index (χ4v) is 3.72. The number of hydrogen-bond acceptors (Lipinski definition) is 0. The van der Waals surface area contributed by atoms with Gasteiger partial charge in [0.05, 0.1) is 0 Å². The molecule has 0 aromatic heterocycles. The first kappa shape index (κ1) is 14.6. The third-order valence-corrected chi connectivity index (χ3v) is 4.57. The quantitative estimate of drug-likeness (QED) is 0.463. The summed E-state index contributed by atoms with van der Waals surface area (Å²) in [5, 5.41) is 0.748. The molecule has 0 radical (unpaired) electrons. The standard InChI is InChI=1S/C14H10Br3Cl/c15-11-3-1-2-9(4-11)5-14(17)10-6-12(16)8-13(18)7-10/h1-4,6-8,14H,5H2. The Morgan fingerprint density at radius 1 is 1.00 bits per heavy atom. The first-order chi connectivity index (χ1) is 8.54. The Bertz CT molecular complexity index is 534. The SMILES string of the molecule is Clc1cc(Br)cc(C(Br)Cc2cccc(Br)c2)c1. The van der Waals surface area contributed by atoms with E-state index in [9.17, 15) is 0 Å². The van der Waals surface area contributed by atoms with Crippen molar-refractivity contribution in [1.29, 1.82) is 0 Å². The van der Waals surface area contributed by atoms with Crippen molar-refractivity contribution in [3.8, 4) is 0 Å². The van der Waals surface area contributed by atoms with Gasteiger partial charge in [-0.2, -0.15) is 0 Å². The molecule has 0 amide bonds. The summed E-state index contributed by atoms with van der Waals surface area (Å²) in [6.07, 6.45) is 0.923. The van der Waals surface area contributed by atoms with Crippen LogP contribution in [-0.2, 0) is 6.42 Å². The zero-order valence-electron chi connectivity index (χ0n) is 9.34. The van der Waals surface area contributed by atoms with Crippen molar-refractivity contribution in [2.45, 2.75) is 11.2 Å². The molecule has 2 aromatic rings. The molecule has 0 bridgehead atoms. The molecule has 1 unspecified atom stereocenters. The van der Waals surface area contributed by atoms with Gasteiger partial charge in [0.2, 0.25) is 0 Å². The van der Waals surface area contributed by atoms with Crippen LogP contribution in [0.15, 0.2) is 51.4 Å².